The molecule has 0 aromatic heterocycles. The fourth-order valence-corrected chi connectivity index (χ4v) is 1.10. The average molecular weight is 181 g/mol. The van der Waals surface area contributed by atoms with Crippen LogP contribution in [0.4, 0.5) is 4.39 Å². The molecule has 70 valence electrons. The van der Waals surface area contributed by atoms with E-state index in [4.69, 9.17) is 5.73 Å². The van der Waals surface area contributed by atoms with Crippen molar-refractivity contribution in [3.05, 3.63) is 35.1 Å². The van der Waals surface area contributed by atoms with Gasteiger partial charge in [-0.2, -0.15) is 0 Å². The first kappa shape index (κ1) is 9.86. The van der Waals surface area contributed by atoms with E-state index in [0.29, 0.717) is 0 Å². The number of benzene rings is 1. The zero-order valence-corrected chi connectivity index (χ0v) is 7.67. The number of hydrogen-bond acceptors (Lipinski definition) is 2. The summed E-state index contributed by atoms with van der Waals surface area (Å²) < 4.78 is 13.2. The van der Waals surface area contributed by atoms with Gasteiger partial charge in [0.25, 0.3) is 0 Å². The minimum Gasteiger partial charge on any atom is -0.318 e. The Morgan fingerprint density at radius 1 is 1.54 bits per heavy atom. The third-order valence-electron chi connectivity index (χ3n) is 1.93. The molecule has 2 N–H and O–H groups in total. The first-order valence-corrected chi connectivity index (χ1v) is 4.04. The summed E-state index contributed by atoms with van der Waals surface area (Å²) in [6.07, 6.45) is 0. The van der Waals surface area contributed by atoms with Crippen molar-refractivity contribution in [3.63, 3.8) is 0 Å². The molecule has 0 radical (unpaired) electrons. The van der Waals surface area contributed by atoms with Crippen LogP contribution in [0.2, 0.25) is 0 Å². The fourth-order valence-electron chi connectivity index (χ4n) is 1.10. The van der Waals surface area contributed by atoms with E-state index in [-0.39, 0.29) is 11.3 Å². The van der Waals surface area contributed by atoms with E-state index >= 15 is 0 Å². The van der Waals surface area contributed by atoms with Crippen LogP contribution in [0.5, 0.6) is 0 Å². The van der Waals surface area contributed by atoms with Gasteiger partial charge in [-0.05, 0) is 25.5 Å². The second-order valence-electron chi connectivity index (χ2n) is 3.11. The molecule has 0 amide bonds. The van der Waals surface area contributed by atoms with Crippen LogP contribution in [0.1, 0.15) is 24.1 Å². The van der Waals surface area contributed by atoms with E-state index < -0.39 is 11.9 Å². The van der Waals surface area contributed by atoms with Crippen LogP contribution in [0.3, 0.4) is 0 Å². The Balaban J connectivity index is 3.08. The molecule has 1 rings (SSSR count). The Hall–Kier alpha value is -1.22. The predicted molar refractivity (Wildman–Crippen MR) is 48.7 cm³/mol. The smallest absolute Gasteiger partial charge is 0.151 e. The van der Waals surface area contributed by atoms with Crippen molar-refractivity contribution in [3.8, 4) is 0 Å². The maximum atomic E-state index is 13.2. The second-order valence-corrected chi connectivity index (χ2v) is 3.11. The third-order valence-corrected chi connectivity index (χ3v) is 1.93. The van der Waals surface area contributed by atoms with Crippen molar-refractivity contribution < 1.29 is 9.18 Å². The molecule has 0 aliphatic rings. The molecule has 3 heteroatoms. The summed E-state index contributed by atoms with van der Waals surface area (Å²) in [6.45, 7) is 3.14. The van der Waals surface area contributed by atoms with Crippen molar-refractivity contribution in [2.24, 2.45) is 5.73 Å². The van der Waals surface area contributed by atoms with Crippen LogP contribution in [0.25, 0.3) is 0 Å². The Labute approximate surface area is 76.6 Å². The van der Waals surface area contributed by atoms with Crippen LogP contribution in [0.15, 0.2) is 18.2 Å². The van der Waals surface area contributed by atoms with E-state index in [2.05, 4.69) is 0 Å². The Kier molecular flexibility index (Phi) is 2.78. The van der Waals surface area contributed by atoms with Crippen molar-refractivity contribution in [2.45, 2.75) is 19.9 Å². The molecule has 1 aromatic rings. The molecule has 2 nitrogen and oxygen atoms in total. The summed E-state index contributed by atoms with van der Waals surface area (Å²) in [6, 6.07) is 3.82. The molecule has 0 saturated carbocycles. The lowest BCUT2D eigenvalue weighted by molar-refractivity contribution is -0.118. The number of nitrogens with two attached hydrogens (primary N) is 1. The minimum atomic E-state index is -0.847. The maximum Gasteiger partial charge on any atom is 0.151 e. The van der Waals surface area contributed by atoms with Crippen molar-refractivity contribution >= 4 is 5.78 Å². The minimum absolute atomic E-state index is 0.234. The van der Waals surface area contributed by atoms with E-state index in [1.165, 1.54) is 13.0 Å². The van der Waals surface area contributed by atoms with Crippen molar-refractivity contribution in [1.82, 2.24) is 0 Å². The normalized spacial score (nSPS) is 12.6. The summed E-state index contributed by atoms with van der Waals surface area (Å²) in [5.41, 5.74) is 6.58. The molecule has 0 bridgehead atoms. The molecule has 0 aliphatic heterocycles. The summed E-state index contributed by atoms with van der Waals surface area (Å²) in [4.78, 5) is 10.9. The van der Waals surface area contributed by atoms with Crippen LogP contribution in [-0.4, -0.2) is 5.78 Å². The van der Waals surface area contributed by atoms with Gasteiger partial charge in [-0.3, -0.25) is 4.79 Å². The Morgan fingerprint density at radius 3 is 2.62 bits per heavy atom. The number of hydrogen-bond donors (Lipinski definition) is 1. The van der Waals surface area contributed by atoms with E-state index in [9.17, 15) is 9.18 Å². The van der Waals surface area contributed by atoms with Gasteiger partial charge in [0.05, 0.1) is 6.04 Å². The number of rotatable bonds is 2. The summed E-state index contributed by atoms with van der Waals surface area (Å²) in [5.74, 6) is -0.648. The quantitative estimate of drug-likeness (QED) is 0.754. The standard InChI is InChI=1S/C10H12FNO/c1-6-3-4-8(9(11)5-6)10(12)7(2)13/h3-5,10H,12H2,1-2H3. The lowest BCUT2D eigenvalue weighted by atomic mass is 10.0. The van der Waals surface area contributed by atoms with Crippen LogP contribution < -0.4 is 5.73 Å². The van der Waals surface area contributed by atoms with Gasteiger partial charge >= 0.3 is 0 Å². The number of ketones is 1. The van der Waals surface area contributed by atoms with Crippen molar-refractivity contribution in [2.75, 3.05) is 0 Å². The Morgan fingerprint density at radius 2 is 2.15 bits per heavy atom. The van der Waals surface area contributed by atoms with Gasteiger partial charge in [-0.1, -0.05) is 12.1 Å². The predicted octanol–water partition coefficient (Wildman–Crippen LogP) is 1.72. The Bertz CT molecular complexity index is 336. The lowest BCUT2D eigenvalue weighted by Gasteiger charge is -2.09. The highest BCUT2D eigenvalue weighted by Crippen LogP contribution is 2.16. The van der Waals surface area contributed by atoms with Gasteiger partial charge in [0, 0.05) is 5.56 Å². The van der Waals surface area contributed by atoms with Gasteiger partial charge in [0.2, 0.25) is 0 Å². The number of carbonyl (C=O) groups is 1. The molecular weight excluding hydrogens is 169 g/mol. The fraction of sp³-hybridized carbons (Fsp3) is 0.300. The third kappa shape index (κ3) is 2.12. The lowest BCUT2D eigenvalue weighted by Crippen LogP contribution is -2.19. The summed E-state index contributed by atoms with van der Waals surface area (Å²) >= 11 is 0. The molecule has 0 saturated heterocycles. The van der Waals surface area contributed by atoms with Gasteiger partial charge in [0.15, 0.2) is 5.78 Å². The van der Waals surface area contributed by atoms with Crippen molar-refractivity contribution in [1.29, 1.82) is 0 Å². The van der Waals surface area contributed by atoms with E-state index in [1.54, 1.807) is 19.1 Å². The molecule has 13 heavy (non-hydrogen) atoms. The summed E-state index contributed by atoms with van der Waals surface area (Å²) in [7, 11) is 0. The topological polar surface area (TPSA) is 43.1 Å². The molecule has 0 fully saturated rings. The molecule has 0 aliphatic carbocycles. The molecular formula is C10H12FNO. The molecule has 1 aromatic carbocycles. The SMILES string of the molecule is CC(=O)C(N)c1ccc(C)cc1F. The zero-order chi connectivity index (χ0) is 10.0. The zero-order valence-electron chi connectivity index (χ0n) is 7.67. The second kappa shape index (κ2) is 3.66. The number of aryl methyl sites for hydroxylation is 1. The average Bonchev–Trinajstić information content (AvgIpc) is 2.03. The van der Waals surface area contributed by atoms with E-state index in [0.717, 1.165) is 5.56 Å². The molecule has 1 atom stereocenters. The first-order valence-electron chi connectivity index (χ1n) is 4.04. The van der Waals surface area contributed by atoms with Crippen LogP contribution >= 0.6 is 0 Å². The highest BCUT2D eigenvalue weighted by atomic mass is 19.1. The number of Topliss-reactive ketones (excluding diaryl/α,β-unsaturated/α-hetero) is 1. The molecule has 0 heterocycles. The molecule has 0 spiro atoms. The van der Waals surface area contributed by atoms with Gasteiger partial charge < -0.3 is 5.73 Å². The molecule has 1 unspecified atom stereocenters. The number of halogens is 1. The highest BCUT2D eigenvalue weighted by Gasteiger charge is 2.14. The van der Waals surface area contributed by atoms with E-state index in [1.807, 2.05) is 0 Å². The van der Waals surface area contributed by atoms with Gasteiger partial charge in [-0.25, -0.2) is 4.39 Å². The maximum absolute atomic E-state index is 13.2. The van der Waals surface area contributed by atoms with Crippen LogP contribution in [0, 0.1) is 12.7 Å². The highest BCUT2D eigenvalue weighted by molar-refractivity contribution is 5.82. The van der Waals surface area contributed by atoms with Gasteiger partial charge in [-0.15, -0.1) is 0 Å². The van der Waals surface area contributed by atoms with Gasteiger partial charge in [0.1, 0.15) is 5.82 Å². The monoisotopic (exact) mass is 181 g/mol. The largest absolute Gasteiger partial charge is 0.318 e. The summed E-state index contributed by atoms with van der Waals surface area (Å²) in [5, 5.41) is 0. The van der Waals surface area contributed by atoms with Crippen LogP contribution in [-0.2, 0) is 4.79 Å². The first-order chi connectivity index (χ1) is 6.02. The number of carbonyl (C=O) groups excluding carboxylic acids is 1.